The van der Waals surface area contributed by atoms with E-state index < -0.39 is 22.8 Å². The molecule has 2 N–H and O–H groups in total. The van der Waals surface area contributed by atoms with Gasteiger partial charge in [0.15, 0.2) is 5.11 Å². The molecule has 4 aliphatic rings. The van der Waals surface area contributed by atoms with Crippen molar-refractivity contribution in [1.82, 2.24) is 20.0 Å². The van der Waals surface area contributed by atoms with E-state index in [9.17, 15) is 36.9 Å². The molecule has 57 heavy (non-hydrogen) atoms. The van der Waals surface area contributed by atoms with Gasteiger partial charge < -0.3 is 10.2 Å². The number of nitrogens with one attached hydrogen (secondary N) is 2. The fourth-order valence-corrected chi connectivity index (χ4v) is 8.11. The summed E-state index contributed by atoms with van der Waals surface area (Å²) in [6.07, 6.45) is 1.19. The number of piperazine rings is 1. The van der Waals surface area contributed by atoms with Gasteiger partial charge in [-0.25, -0.2) is 0 Å². The van der Waals surface area contributed by atoms with Crippen molar-refractivity contribution in [3.05, 3.63) is 59.2 Å². The molecular formula is C40H51F4N7O5S. The number of thiocarbonyl (C=S) groups is 1. The molecule has 0 aromatic heterocycles. The van der Waals surface area contributed by atoms with Crippen LogP contribution in [0.4, 0.5) is 29.1 Å². The van der Waals surface area contributed by atoms with Gasteiger partial charge in [-0.15, -0.1) is 0 Å². The van der Waals surface area contributed by atoms with Gasteiger partial charge in [0.05, 0.1) is 35.3 Å². The average molecular weight is 818 g/mol. The highest BCUT2D eigenvalue weighted by atomic mass is 32.1. The van der Waals surface area contributed by atoms with Gasteiger partial charge in [-0.2, -0.15) is 23.4 Å². The lowest BCUT2D eigenvalue weighted by atomic mass is 9.90. The molecule has 3 aliphatic heterocycles. The van der Waals surface area contributed by atoms with Crippen molar-refractivity contribution < 1.29 is 41.8 Å². The molecule has 6 rings (SSSR count). The van der Waals surface area contributed by atoms with Crippen LogP contribution < -0.4 is 15.5 Å². The first kappa shape index (κ1) is 45.2. The molecule has 12 nitrogen and oxygen atoms in total. The maximum atomic E-state index is 13.3. The zero-order valence-corrected chi connectivity index (χ0v) is 33.6. The summed E-state index contributed by atoms with van der Waals surface area (Å²) >= 11 is 5.53. The summed E-state index contributed by atoms with van der Waals surface area (Å²) in [7, 11) is 0. The maximum Gasteiger partial charge on any atom is 0.417 e. The van der Waals surface area contributed by atoms with Gasteiger partial charge in [-0.3, -0.25) is 39.2 Å². The second kappa shape index (κ2) is 20.3. The number of nitriles is 1. The monoisotopic (exact) mass is 817 g/mol. The van der Waals surface area contributed by atoms with E-state index in [1.165, 1.54) is 11.0 Å². The number of piperidine rings is 1. The van der Waals surface area contributed by atoms with E-state index in [1.807, 2.05) is 18.7 Å². The van der Waals surface area contributed by atoms with Crippen LogP contribution >= 0.6 is 12.2 Å². The lowest BCUT2D eigenvalue weighted by Gasteiger charge is -2.39. The highest BCUT2D eigenvalue weighted by Crippen LogP contribution is 2.40. The number of carbonyl (C=O) groups is 4. The average Bonchev–Trinajstić information content (AvgIpc) is 3.37. The van der Waals surface area contributed by atoms with Crippen LogP contribution in [-0.4, -0.2) is 101 Å². The third-order valence-corrected chi connectivity index (χ3v) is 10.9. The second-order valence-corrected chi connectivity index (χ2v) is 15.0. The SMILES string of the molecule is CC.CC1(C)C(=O)N(c2ccc(C#N)c(C(F)(F)F)c2)C(=S)N1C1CCCCC1.O=C1CCC(c2ccc(NC(=O)CN3CCN(CCOF)CC3)cc2)C(=O)N1. The number of anilines is 2. The molecule has 1 unspecified atom stereocenters. The fraction of sp³-hybridized carbons (Fsp3) is 0.550. The molecule has 1 atom stereocenters. The Morgan fingerprint density at radius 2 is 1.61 bits per heavy atom. The largest absolute Gasteiger partial charge is 0.417 e. The molecule has 1 aliphatic carbocycles. The Balaban J connectivity index is 0.000000242. The molecule has 310 valence electrons. The smallest absolute Gasteiger partial charge is 0.331 e. The standard InChI is InChI=1S/C19H20F3N3OS.C19H25FN4O4.C2H6/c1-18(2)16(26)24(17(27)25(18)13-6-4-3-5-7-13)14-9-8-12(11-23)15(10-14)19(20,21)22;20-28-12-11-23-7-9-24(10-8-23)13-18(26)21-15-3-1-14(2-4-15)16-5-6-17(25)22-19(16)27;1-2/h8-10,13H,3-7H2,1-2H3;1-4,16H,5-13H2,(H,21,26)(H,22,25,27);1-2H3. The minimum Gasteiger partial charge on any atom is -0.331 e. The first-order valence-corrected chi connectivity index (χ1v) is 19.8. The van der Waals surface area contributed by atoms with Gasteiger partial charge in [0.1, 0.15) is 12.1 Å². The predicted octanol–water partition coefficient (Wildman–Crippen LogP) is 6.31. The number of imide groups is 1. The second-order valence-electron chi connectivity index (χ2n) is 14.6. The summed E-state index contributed by atoms with van der Waals surface area (Å²) < 4.78 is 51.7. The zero-order chi connectivity index (χ0) is 41.9. The first-order chi connectivity index (χ1) is 27.1. The van der Waals surface area contributed by atoms with Crippen molar-refractivity contribution in [3.8, 4) is 6.07 Å². The zero-order valence-electron chi connectivity index (χ0n) is 32.8. The third kappa shape index (κ3) is 11.3. The molecule has 3 saturated heterocycles. The van der Waals surface area contributed by atoms with Crippen LogP contribution in [-0.2, 0) is 30.3 Å². The van der Waals surface area contributed by atoms with Crippen LogP contribution in [0.25, 0.3) is 0 Å². The summed E-state index contributed by atoms with van der Waals surface area (Å²) in [6, 6.07) is 12.1. The Hall–Kier alpha value is -4.50. The van der Waals surface area contributed by atoms with Gasteiger partial charge in [0.2, 0.25) is 17.7 Å². The summed E-state index contributed by atoms with van der Waals surface area (Å²) in [4.78, 5) is 59.3. The van der Waals surface area contributed by atoms with Crippen molar-refractivity contribution in [2.24, 2.45) is 0 Å². The van der Waals surface area contributed by atoms with E-state index in [-0.39, 0.29) is 53.0 Å². The molecule has 17 heteroatoms. The number of rotatable bonds is 9. The first-order valence-electron chi connectivity index (χ1n) is 19.3. The Labute approximate surface area is 336 Å². The molecule has 4 fully saturated rings. The molecule has 0 spiro atoms. The number of halogens is 4. The molecule has 0 bridgehead atoms. The Bertz CT molecular complexity index is 1790. The number of nitrogens with zero attached hydrogens (tertiary/aromatic N) is 5. The minimum absolute atomic E-state index is 0.0442. The van der Waals surface area contributed by atoms with E-state index in [4.69, 9.17) is 17.5 Å². The van der Waals surface area contributed by atoms with E-state index in [1.54, 1.807) is 44.2 Å². The number of amides is 4. The summed E-state index contributed by atoms with van der Waals surface area (Å²) in [5.41, 5.74) is -0.927. The summed E-state index contributed by atoms with van der Waals surface area (Å²) in [6.45, 7) is 11.5. The Morgan fingerprint density at radius 1 is 0.982 bits per heavy atom. The molecule has 2 aromatic carbocycles. The van der Waals surface area contributed by atoms with Gasteiger partial charge >= 0.3 is 6.18 Å². The van der Waals surface area contributed by atoms with E-state index in [2.05, 4.69) is 25.4 Å². The van der Waals surface area contributed by atoms with Crippen LogP contribution in [0.2, 0.25) is 0 Å². The van der Waals surface area contributed by atoms with Gasteiger partial charge in [0, 0.05) is 50.9 Å². The van der Waals surface area contributed by atoms with Gasteiger partial charge in [0.25, 0.3) is 5.91 Å². The number of benzene rings is 2. The van der Waals surface area contributed by atoms with Crippen molar-refractivity contribution in [1.29, 1.82) is 5.26 Å². The lowest BCUT2D eigenvalue weighted by Crippen LogP contribution is -2.50. The Kier molecular flexibility index (Phi) is 16.1. The Morgan fingerprint density at radius 3 is 2.19 bits per heavy atom. The quantitative estimate of drug-likeness (QED) is 0.168. The van der Waals surface area contributed by atoms with E-state index >= 15 is 0 Å². The number of hydrogen-bond donors (Lipinski definition) is 2. The predicted molar refractivity (Wildman–Crippen MR) is 211 cm³/mol. The van der Waals surface area contributed by atoms with Crippen LogP contribution in [0, 0.1) is 11.3 Å². The molecule has 2 aromatic rings. The fourth-order valence-electron chi connectivity index (χ4n) is 7.54. The normalized spacial score (nSPS) is 20.5. The minimum atomic E-state index is -4.69. The molecule has 4 amide bonds. The van der Waals surface area contributed by atoms with Crippen molar-refractivity contribution in [2.75, 3.05) is 56.1 Å². The van der Waals surface area contributed by atoms with Crippen molar-refractivity contribution >= 4 is 52.3 Å². The number of alkyl halides is 3. The molecule has 0 radical (unpaired) electrons. The van der Waals surface area contributed by atoms with E-state index in [0.717, 1.165) is 76.0 Å². The topological polar surface area (TPSA) is 138 Å². The molecular weight excluding hydrogens is 767 g/mol. The van der Waals surface area contributed by atoms with E-state index in [0.29, 0.717) is 31.6 Å². The number of carbonyl (C=O) groups excluding carboxylic acids is 4. The summed E-state index contributed by atoms with van der Waals surface area (Å²) in [5, 5.41) is 14.4. The maximum absolute atomic E-state index is 13.3. The van der Waals surface area contributed by atoms with Crippen LogP contribution in [0.15, 0.2) is 42.5 Å². The van der Waals surface area contributed by atoms with Gasteiger partial charge in [-0.1, -0.05) is 45.2 Å². The molecule has 3 heterocycles. The van der Waals surface area contributed by atoms with Crippen LogP contribution in [0.3, 0.4) is 0 Å². The highest BCUT2D eigenvalue weighted by molar-refractivity contribution is 7.80. The number of hydrogen-bond acceptors (Lipinski definition) is 9. The highest BCUT2D eigenvalue weighted by Gasteiger charge is 2.52. The van der Waals surface area contributed by atoms with Crippen LogP contribution in [0.5, 0.6) is 0 Å². The van der Waals surface area contributed by atoms with Crippen molar-refractivity contribution in [2.45, 2.75) is 96.3 Å². The third-order valence-electron chi connectivity index (χ3n) is 10.5. The molecule has 1 saturated carbocycles. The van der Waals surface area contributed by atoms with Crippen molar-refractivity contribution in [3.63, 3.8) is 0 Å². The summed E-state index contributed by atoms with van der Waals surface area (Å²) in [5.74, 6) is -1.29. The van der Waals surface area contributed by atoms with Crippen LogP contribution in [0.1, 0.15) is 95.2 Å². The lowest BCUT2D eigenvalue weighted by molar-refractivity contribution is -0.138. The van der Waals surface area contributed by atoms with Gasteiger partial charge in [-0.05, 0) is 85.7 Å².